The van der Waals surface area contributed by atoms with Crippen LogP contribution >= 0.6 is 0 Å². The van der Waals surface area contributed by atoms with Gasteiger partial charge in [0.1, 0.15) is 0 Å². The number of nitrogens with two attached hydrogens (primary N) is 1. The Morgan fingerprint density at radius 2 is 2.27 bits per heavy atom. The maximum Gasteiger partial charge on any atom is 0.0934 e. The first-order valence-electron chi connectivity index (χ1n) is 3.85. The van der Waals surface area contributed by atoms with Crippen LogP contribution in [0.25, 0.3) is 0 Å². The molecule has 0 saturated carbocycles. The van der Waals surface area contributed by atoms with Crippen LogP contribution in [-0.2, 0) is 6.42 Å². The smallest absolute Gasteiger partial charge is 0.0934 e. The van der Waals surface area contributed by atoms with E-state index in [2.05, 4.69) is 13.8 Å². The second-order valence-corrected chi connectivity index (χ2v) is 3.68. The molecule has 0 saturated heterocycles. The van der Waals surface area contributed by atoms with Crippen LogP contribution in [-0.4, -0.2) is 6.54 Å². The lowest BCUT2D eigenvalue weighted by Gasteiger charge is -2.20. The lowest BCUT2D eigenvalue weighted by Crippen LogP contribution is -2.25. The number of hydrogen-bond acceptors (Lipinski definition) is 2. The maximum absolute atomic E-state index is 5.59. The fraction of sp³-hybridized carbons (Fsp3) is 0.556. The summed E-state index contributed by atoms with van der Waals surface area (Å²) < 4.78 is 4.96. The fourth-order valence-electron chi connectivity index (χ4n) is 1.02. The largest absolute Gasteiger partial charge is 0.472 e. The van der Waals surface area contributed by atoms with Gasteiger partial charge in [0.2, 0.25) is 0 Å². The predicted octanol–water partition coefficient (Wildman–Crippen LogP) is 1.81. The minimum absolute atomic E-state index is 0.184. The quantitative estimate of drug-likeness (QED) is 0.719. The van der Waals surface area contributed by atoms with E-state index < -0.39 is 0 Å². The highest BCUT2D eigenvalue weighted by atomic mass is 16.3. The van der Waals surface area contributed by atoms with Gasteiger partial charge in [-0.3, -0.25) is 0 Å². The van der Waals surface area contributed by atoms with Crippen molar-refractivity contribution in [3.05, 3.63) is 24.2 Å². The van der Waals surface area contributed by atoms with E-state index in [0.29, 0.717) is 6.54 Å². The van der Waals surface area contributed by atoms with Gasteiger partial charge in [0.25, 0.3) is 0 Å². The van der Waals surface area contributed by atoms with Crippen LogP contribution in [0.5, 0.6) is 0 Å². The van der Waals surface area contributed by atoms with E-state index >= 15 is 0 Å². The Kier molecular flexibility index (Phi) is 2.35. The van der Waals surface area contributed by atoms with E-state index in [4.69, 9.17) is 10.2 Å². The summed E-state index contributed by atoms with van der Waals surface area (Å²) in [5, 5.41) is 0. The van der Waals surface area contributed by atoms with Crippen LogP contribution < -0.4 is 5.73 Å². The summed E-state index contributed by atoms with van der Waals surface area (Å²) in [6, 6.07) is 1.98. The van der Waals surface area contributed by atoms with Gasteiger partial charge in [0, 0.05) is 0 Å². The van der Waals surface area contributed by atoms with Crippen molar-refractivity contribution < 1.29 is 4.42 Å². The molecule has 1 rings (SSSR count). The minimum atomic E-state index is 0.184. The van der Waals surface area contributed by atoms with Crippen molar-refractivity contribution in [2.75, 3.05) is 6.54 Å². The highest BCUT2D eigenvalue weighted by Crippen LogP contribution is 2.19. The van der Waals surface area contributed by atoms with Gasteiger partial charge in [-0.25, -0.2) is 0 Å². The van der Waals surface area contributed by atoms with Gasteiger partial charge in [-0.05, 0) is 30.0 Å². The third-order valence-electron chi connectivity index (χ3n) is 1.82. The van der Waals surface area contributed by atoms with Crippen molar-refractivity contribution in [3.63, 3.8) is 0 Å². The van der Waals surface area contributed by atoms with Gasteiger partial charge < -0.3 is 10.2 Å². The van der Waals surface area contributed by atoms with Crippen molar-refractivity contribution in [2.45, 2.75) is 20.3 Å². The molecule has 2 nitrogen and oxygen atoms in total. The van der Waals surface area contributed by atoms with E-state index in [-0.39, 0.29) is 5.41 Å². The number of hydrogen-bond donors (Lipinski definition) is 1. The normalized spacial score (nSPS) is 11.9. The van der Waals surface area contributed by atoms with Crippen LogP contribution in [0.15, 0.2) is 23.0 Å². The molecule has 0 aliphatic heterocycles. The van der Waals surface area contributed by atoms with E-state index in [9.17, 15) is 0 Å². The molecule has 1 heterocycles. The average molecular weight is 153 g/mol. The standard InChI is InChI=1S/C9H15NO/c1-9(2,7-10)5-8-3-4-11-6-8/h3-4,6H,5,7,10H2,1-2H3. The number of furan rings is 1. The summed E-state index contributed by atoms with van der Waals surface area (Å²) in [5.74, 6) is 0. The summed E-state index contributed by atoms with van der Waals surface area (Å²) in [7, 11) is 0. The molecule has 1 aromatic rings. The van der Waals surface area contributed by atoms with Crippen molar-refractivity contribution in [1.82, 2.24) is 0 Å². The zero-order valence-electron chi connectivity index (χ0n) is 7.13. The lowest BCUT2D eigenvalue weighted by molar-refractivity contribution is 0.375. The zero-order chi connectivity index (χ0) is 8.32. The molecule has 0 bridgehead atoms. The Bertz CT molecular complexity index is 201. The third-order valence-corrected chi connectivity index (χ3v) is 1.82. The SMILES string of the molecule is CC(C)(CN)Cc1ccoc1. The van der Waals surface area contributed by atoms with Gasteiger partial charge >= 0.3 is 0 Å². The van der Waals surface area contributed by atoms with Gasteiger partial charge in [-0.15, -0.1) is 0 Å². The molecule has 0 spiro atoms. The van der Waals surface area contributed by atoms with E-state index in [1.807, 2.05) is 6.07 Å². The van der Waals surface area contributed by atoms with Crippen molar-refractivity contribution >= 4 is 0 Å². The molecular weight excluding hydrogens is 138 g/mol. The molecule has 0 aliphatic carbocycles. The molecule has 11 heavy (non-hydrogen) atoms. The molecule has 0 fully saturated rings. The fourth-order valence-corrected chi connectivity index (χ4v) is 1.02. The molecule has 2 heteroatoms. The van der Waals surface area contributed by atoms with Gasteiger partial charge in [-0.1, -0.05) is 13.8 Å². The highest BCUT2D eigenvalue weighted by molar-refractivity contribution is 5.07. The summed E-state index contributed by atoms with van der Waals surface area (Å²) >= 11 is 0. The van der Waals surface area contributed by atoms with Crippen LogP contribution in [0, 0.1) is 5.41 Å². The molecule has 0 amide bonds. The Hall–Kier alpha value is -0.760. The zero-order valence-corrected chi connectivity index (χ0v) is 7.13. The first-order valence-corrected chi connectivity index (χ1v) is 3.85. The topological polar surface area (TPSA) is 39.2 Å². The lowest BCUT2D eigenvalue weighted by atomic mass is 9.87. The van der Waals surface area contributed by atoms with Crippen molar-refractivity contribution in [3.8, 4) is 0 Å². The second kappa shape index (κ2) is 3.09. The Balaban J connectivity index is 2.56. The highest BCUT2D eigenvalue weighted by Gasteiger charge is 2.16. The second-order valence-electron chi connectivity index (χ2n) is 3.68. The molecule has 0 radical (unpaired) electrons. The van der Waals surface area contributed by atoms with Crippen molar-refractivity contribution in [1.29, 1.82) is 0 Å². The van der Waals surface area contributed by atoms with Crippen LogP contribution in [0.2, 0.25) is 0 Å². The Labute approximate surface area is 67.4 Å². The molecule has 1 aromatic heterocycles. The molecule has 0 aromatic carbocycles. The van der Waals surface area contributed by atoms with Crippen LogP contribution in [0.1, 0.15) is 19.4 Å². The molecular formula is C9H15NO. The van der Waals surface area contributed by atoms with Crippen LogP contribution in [0.3, 0.4) is 0 Å². The van der Waals surface area contributed by atoms with Gasteiger partial charge in [0.05, 0.1) is 12.5 Å². The van der Waals surface area contributed by atoms with Crippen LogP contribution in [0.4, 0.5) is 0 Å². The molecule has 0 aliphatic rings. The first-order chi connectivity index (χ1) is 5.14. The Morgan fingerprint density at radius 1 is 1.55 bits per heavy atom. The monoisotopic (exact) mass is 153 g/mol. The molecule has 0 unspecified atom stereocenters. The maximum atomic E-state index is 5.59. The van der Waals surface area contributed by atoms with E-state index in [0.717, 1.165) is 6.42 Å². The Morgan fingerprint density at radius 3 is 2.73 bits per heavy atom. The summed E-state index contributed by atoms with van der Waals surface area (Å²) in [4.78, 5) is 0. The third kappa shape index (κ3) is 2.39. The molecule has 0 atom stereocenters. The summed E-state index contributed by atoms with van der Waals surface area (Å²) in [6.07, 6.45) is 4.46. The van der Waals surface area contributed by atoms with E-state index in [1.165, 1.54) is 5.56 Å². The molecule has 62 valence electrons. The van der Waals surface area contributed by atoms with Gasteiger partial charge in [0.15, 0.2) is 0 Å². The minimum Gasteiger partial charge on any atom is -0.472 e. The summed E-state index contributed by atoms with van der Waals surface area (Å²) in [5.41, 5.74) is 7.00. The summed E-state index contributed by atoms with van der Waals surface area (Å²) in [6.45, 7) is 5.01. The predicted molar refractivity (Wildman–Crippen MR) is 45.2 cm³/mol. The van der Waals surface area contributed by atoms with E-state index in [1.54, 1.807) is 12.5 Å². The first kappa shape index (κ1) is 8.34. The van der Waals surface area contributed by atoms with Gasteiger partial charge in [-0.2, -0.15) is 0 Å². The average Bonchev–Trinajstić information content (AvgIpc) is 2.39. The van der Waals surface area contributed by atoms with Crippen molar-refractivity contribution in [2.24, 2.45) is 11.1 Å². The number of rotatable bonds is 3. The molecule has 2 N–H and O–H groups in total.